The molecule has 33 heavy (non-hydrogen) atoms. The SMILES string of the molecule is CN=C(NCCCCN1CCN(C)CC1)NCCc1ccc(NC(=O)OC(C)(C)C)cc1.I. The summed E-state index contributed by atoms with van der Waals surface area (Å²) in [6, 6.07) is 7.82. The molecule has 1 aliphatic heterocycles. The van der Waals surface area contributed by atoms with Crippen molar-refractivity contribution >= 4 is 41.7 Å². The molecule has 2 rings (SSSR count). The fraction of sp³-hybridized carbons (Fsp3) is 0.667. The summed E-state index contributed by atoms with van der Waals surface area (Å²) in [6.45, 7) is 13.2. The van der Waals surface area contributed by atoms with Gasteiger partial charge in [-0.15, -0.1) is 24.0 Å². The highest BCUT2D eigenvalue weighted by molar-refractivity contribution is 14.0. The Bertz CT molecular complexity index is 713. The van der Waals surface area contributed by atoms with E-state index in [0.717, 1.165) is 37.6 Å². The lowest BCUT2D eigenvalue weighted by Gasteiger charge is -2.32. The number of hydrogen-bond donors (Lipinski definition) is 3. The number of anilines is 1. The number of unbranched alkanes of at least 4 members (excludes halogenated alkanes) is 1. The highest BCUT2D eigenvalue weighted by Crippen LogP contribution is 2.13. The van der Waals surface area contributed by atoms with E-state index in [1.165, 1.54) is 44.7 Å². The van der Waals surface area contributed by atoms with Crippen LogP contribution in [0.2, 0.25) is 0 Å². The van der Waals surface area contributed by atoms with E-state index in [0.29, 0.717) is 0 Å². The molecule has 0 saturated carbocycles. The average Bonchev–Trinajstić information content (AvgIpc) is 2.73. The average molecular weight is 575 g/mol. The molecule has 8 nitrogen and oxygen atoms in total. The Kier molecular flexibility index (Phi) is 13.7. The first kappa shape index (κ1) is 29.4. The zero-order valence-electron chi connectivity index (χ0n) is 20.9. The largest absolute Gasteiger partial charge is 0.444 e. The third kappa shape index (κ3) is 13.0. The minimum Gasteiger partial charge on any atom is -0.444 e. The molecule has 0 aliphatic carbocycles. The van der Waals surface area contributed by atoms with Gasteiger partial charge in [-0.05, 0) is 71.3 Å². The number of carbonyl (C=O) groups is 1. The number of piperazine rings is 1. The summed E-state index contributed by atoms with van der Waals surface area (Å²) in [5, 5.41) is 9.52. The third-order valence-corrected chi connectivity index (χ3v) is 5.32. The molecule has 1 aromatic carbocycles. The molecule has 1 aliphatic rings. The maximum absolute atomic E-state index is 11.8. The van der Waals surface area contributed by atoms with Crippen molar-refractivity contribution in [1.82, 2.24) is 20.4 Å². The van der Waals surface area contributed by atoms with Gasteiger partial charge in [-0.3, -0.25) is 10.3 Å². The molecule has 1 amide bonds. The van der Waals surface area contributed by atoms with E-state index in [1.807, 2.05) is 45.0 Å². The minimum atomic E-state index is -0.507. The van der Waals surface area contributed by atoms with Crippen molar-refractivity contribution in [3.8, 4) is 0 Å². The van der Waals surface area contributed by atoms with Crippen LogP contribution in [-0.2, 0) is 11.2 Å². The second-order valence-electron chi connectivity index (χ2n) is 9.35. The summed E-state index contributed by atoms with van der Waals surface area (Å²) in [7, 11) is 4.00. The van der Waals surface area contributed by atoms with Gasteiger partial charge in [0.15, 0.2) is 5.96 Å². The number of ether oxygens (including phenoxy) is 1. The molecule has 0 atom stereocenters. The van der Waals surface area contributed by atoms with Gasteiger partial charge in [0.1, 0.15) is 5.60 Å². The smallest absolute Gasteiger partial charge is 0.412 e. The number of carbonyl (C=O) groups excluding carboxylic acids is 1. The zero-order valence-corrected chi connectivity index (χ0v) is 23.3. The van der Waals surface area contributed by atoms with Crippen molar-refractivity contribution < 1.29 is 9.53 Å². The van der Waals surface area contributed by atoms with Crippen molar-refractivity contribution in [1.29, 1.82) is 0 Å². The van der Waals surface area contributed by atoms with Crippen molar-refractivity contribution in [3.63, 3.8) is 0 Å². The lowest BCUT2D eigenvalue weighted by atomic mass is 10.1. The number of benzene rings is 1. The van der Waals surface area contributed by atoms with Crippen LogP contribution in [0.15, 0.2) is 29.3 Å². The highest BCUT2D eigenvalue weighted by Gasteiger charge is 2.16. The van der Waals surface area contributed by atoms with Gasteiger partial charge in [-0.2, -0.15) is 0 Å². The topological polar surface area (TPSA) is 81.2 Å². The van der Waals surface area contributed by atoms with Crippen LogP contribution < -0.4 is 16.0 Å². The summed E-state index contributed by atoms with van der Waals surface area (Å²) in [6.07, 6.45) is 2.78. The molecule has 9 heteroatoms. The van der Waals surface area contributed by atoms with Gasteiger partial charge in [0.05, 0.1) is 0 Å². The number of guanidine groups is 1. The monoisotopic (exact) mass is 574 g/mol. The van der Waals surface area contributed by atoms with Gasteiger partial charge in [0, 0.05) is 52.0 Å². The van der Waals surface area contributed by atoms with E-state index in [9.17, 15) is 4.79 Å². The number of amides is 1. The Balaban J connectivity index is 0.00000544. The molecular formula is C24H43IN6O2. The predicted molar refractivity (Wildman–Crippen MR) is 148 cm³/mol. The second-order valence-corrected chi connectivity index (χ2v) is 9.35. The Morgan fingerprint density at radius 3 is 2.27 bits per heavy atom. The number of nitrogens with one attached hydrogen (secondary N) is 3. The van der Waals surface area contributed by atoms with Crippen LogP contribution in [0.25, 0.3) is 0 Å². The van der Waals surface area contributed by atoms with Crippen LogP contribution in [0.3, 0.4) is 0 Å². The van der Waals surface area contributed by atoms with Crippen LogP contribution in [0.1, 0.15) is 39.2 Å². The van der Waals surface area contributed by atoms with Crippen molar-refractivity contribution in [2.24, 2.45) is 4.99 Å². The van der Waals surface area contributed by atoms with Crippen LogP contribution in [0, 0.1) is 0 Å². The summed E-state index contributed by atoms with van der Waals surface area (Å²) in [5.41, 5.74) is 1.41. The van der Waals surface area contributed by atoms with Crippen LogP contribution in [-0.4, -0.2) is 87.4 Å². The van der Waals surface area contributed by atoms with Crippen molar-refractivity contribution in [2.75, 3.05) is 65.2 Å². The molecule has 1 heterocycles. The number of halogens is 1. The quantitative estimate of drug-likeness (QED) is 0.182. The summed E-state index contributed by atoms with van der Waals surface area (Å²) < 4.78 is 5.27. The van der Waals surface area contributed by atoms with E-state index in [4.69, 9.17) is 4.74 Å². The van der Waals surface area contributed by atoms with Crippen LogP contribution >= 0.6 is 24.0 Å². The molecule has 0 bridgehead atoms. The first-order valence-corrected chi connectivity index (χ1v) is 11.7. The van der Waals surface area contributed by atoms with E-state index in [1.54, 1.807) is 7.05 Å². The second kappa shape index (κ2) is 15.3. The van der Waals surface area contributed by atoms with Gasteiger partial charge in [0.2, 0.25) is 0 Å². The van der Waals surface area contributed by atoms with E-state index >= 15 is 0 Å². The summed E-state index contributed by atoms with van der Waals surface area (Å²) >= 11 is 0. The van der Waals surface area contributed by atoms with Gasteiger partial charge in [-0.1, -0.05) is 12.1 Å². The molecule has 0 aromatic heterocycles. The maximum atomic E-state index is 11.8. The first-order chi connectivity index (χ1) is 15.2. The normalized spacial score (nSPS) is 15.5. The van der Waals surface area contributed by atoms with Crippen LogP contribution in [0.5, 0.6) is 0 Å². The fourth-order valence-electron chi connectivity index (χ4n) is 3.46. The van der Waals surface area contributed by atoms with Gasteiger partial charge >= 0.3 is 6.09 Å². The maximum Gasteiger partial charge on any atom is 0.412 e. The lowest BCUT2D eigenvalue weighted by Crippen LogP contribution is -2.44. The van der Waals surface area contributed by atoms with E-state index in [-0.39, 0.29) is 24.0 Å². The first-order valence-electron chi connectivity index (χ1n) is 11.7. The molecule has 0 unspecified atom stereocenters. The van der Waals surface area contributed by atoms with Gasteiger partial charge < -0.3 is 25.2 Å². The molecule has 1 aromatic rings. The number of aliphatic imine (C=N–C) groups is 1. The number of nitrogens with zero attached hydrogens (tertiary/aromatic N) is 3. The van der Waals surface area contributed by atoms with Gasteiger partial charge in [0.25, 0.3) is 0 Å². The number of hydrogen-bond acceptors (Lipinski definition) is 5. The third-order valence-electron chi connectivity index (χ3n) is 5.32. The summed E-state index contributed by atoms with van der Waals surface area (Å²) in [4.78, 5) is 21.1. The molecule has 3 N–H and O–H groups in total. The predicted octanol–water partition coefficient (Wildman–Crippen LogP) is 3.39. The minimum absolute atomic E-state index is 0. The van der Waals surface area contributed by atoms with Gasteiger partial charge in [-0.25, -0.2) is 4.79 Å². The standard InChI is InChI=1S/C24H42N6O2.HI/c1-24(2,3)32-23(31)28-21-10-8-20(9-11-21)12-14-27-22(25-4)26-13-6-7-15-30-18-16-29(5)17-19-30;/h8-11H,6-7,12-19H2,1-5H3,(H,28,31)(H2,25,26,27);1H. The van der Waals surface area contributed by atoms with Crippen LogP contribution in [0.4, 0.5) is 10.5 Å². The van der Waals surface area contributed by atoms with Crippen molar-refractivity contribution in [3.05, 3.63) is 29.8 Å². The number of rotatable bonds is 9. The van der Waals surface area contributed by atoms with E-state index in [2.05, 4.69) is 37.8 Å². The van der Waals surface area contributed by atoms with Crippen molar-refractivity contribution in [2.45, 2.75) is 45.6 Å². The molecule has 0 radical (unpaired) electrons. The lowest BCUT2D eigenvalue weighted by molar-refractivity contribution is 0.0636. The molecule has 1 fully saturated rings. The summed E-state index contributed by atoms with van der Waals surface area (Å²) in [5.74, 6) is 0.841. The zero-order chi connectivity index (χ0) is 23.4. The molecule has 188 valence electrons. The molecule has 0 spiro atoms. The highest BCUT2D eigenvalue weighted by atomic mass is 127. The Hall–Kier alpha value is -1.59. The number of likely N-dealkylation sites (N-methyl/N-ethyl adjacent to an activating group) is 1. The molecule has 1 saturated heterocycles. The fourth-order valence-corrected chi connectivity index (χ4v) is 3.46. The Morgan fingerprint density at radius 1 is 1.03 bits per heavy atom. The Labute approximate surface area is 216 Å². The van der Waals surface area contributed by atoms with E-state index < -0.39 is 11.7 Å². The molecular weight excluding hydrogens is 531 g/mol. The Morgan fingerprint density at radius 2 is 1.67 bits per heavy atom.